The van der Waals surface area contributed by atoms with Crippen molar-refractivity contribution in [3.05, 3.63) is 23.3 Å². The monoisotopic (exact) mass is 296 g/mol. The van der Waals surface area contributed by atoms with E-state index in [1.807, 2.05) is 0 Å². The standard InChI is InChI=1S/C10H10Cl2O4S/c1-6-3-8(16-5-9(11)13)4-7(2)10(6)17(12,14)15/h3-4H,5H2,1-2H3. The number of carbonyl (C=O) groups is 1. The highest BCUT2D eigenvalue weighted by molar-refractivity contribution is 8.13. The molecule has 1 aromatic rings. The number of aryl methyl sites for hydroxylation is 2. The van der Waals surface area contributed by atoms with Gasteiger partial charge in [-0.05, 0) is 48.7 Å². The molecule has 0 bridgehead atoms. The van der Waals surface area contributed by atoms with E-state index in [0.29, 0.717) is 16.9 Å². The summed E-state index contributed by atoms with van der Waals surface area (Å²) >= 11 is 5.13. The van der Waals surface area contributed by atoms with Gasteiger partial charge in [-0.3, -0.25) is 4.79 Å². The van der Waals surface area contributed by atoms with Crippen LogP contribution in [0, 0.1) is 13.8 Å². The molecule has 0 heterocycles. The third kappa shape index (κ3) is 3.87. The molecule has 0 atom stereocenters. The van der Waals surface area contributed by atoms with Crippen LogP contribution < -0.4 is 4.74 Å². The van der Waals surface area contributed by atoms with Gasteiger partial charge in [0.25, 0.3) is 14.3 Å². The zero-order valence-electron chi connectivity index (χ0n) is 9.16. The Morgan fingerprint density at radius 1 is 1.29 bits per heavy atom. The molecule has 0 aliphatic carbocycles. The molecule has 0 N–H and O–H groups in total. The SMILES string of the molecule is Cc1cc(OCC(=O)Cl)cc(C)c1S(=O)(=O)Cl. The van der Waals surface area contributed by atoms with Crippen LogP contribution in [0.15, 0.2) is 17.0 Å². The fourth-order valence-corrected chi connectivity index (χ4v) is 3.19. The average molecular weight is 297 g/mol. The molecule has 0 aliphatic heterocycles. The molecule has 0 fully saturated rings. The molecule has 4 nitrogen and oxygen atoms in total. The Morgan fingerprint density at radius 2 is 1.76 bits per heavy atom. The van der Waals surface area contributed by atoms with Gasteiger partial charge in [-0.1, -0.05) is 0 Å². The van der Waals surface area contributed by atoms with Gasteiger partial charge in [0, 0.05) is 10.7 Å². The summed E-state index contributed by atoms with van der Waals surface area (Å²) in [6.07, 6.45) is 0. The van der Waals surface area contributed by atoms with Crippen LogP contribution in [0.3, 0.4) is 0 Å². The quantitative estimate of drug-likeness (QED) is 0.801. The predicted molar refractivity (Wildman–Crippen MR) is 65.3 cm³/mol. The molecule has 1 aromatic carbocycles. The Morgan fingerprint density at radius 3 is 2.12 bits per heavy atom. The molecule has 7 heteroatoms. The summed E-state index contributed by atoms with van der Waals surface area (Å²) in [7, 11) is 1.52. The molecule has 0 aromatic heterocycles. The van der Waals surface area contributed by atoms with E-state index in [0.717, 1.165) is 0 Å². The van der Waals surface area contributed by atoms with Crippen molar-refractivity contribution in [3.8, 4) is 5.75 Å². The largest absolute Gasteiger partial charge is 0.484 e. The van der Waals surface area contributed by atoms with Crippen molar-refractivity contribution in [1.29, 1.82) is 0 Å². The van der Waals surface area contributed by atoms with Gasteiger partial charge >= 0.3 is 0 Å². The van der Waals surface area contributed by atoms with Crippen molar-refractivity contribution in [2.24, 2.45) is 0 Å². The van der Waals surface area contributed by atoms with Gasteiger partial charge in [0.05, 0.1) is 4.90 Å². The average Bonchev–Trinajstić information content (AvgIpc) is 2.11. The first-order valence-corrected chi connectivity index (χ1v) is 7.27. The van der Waals surface area contributed by atoms with Crippen molar-refractivity contribution >= 4 is 36.6 Å². The molecule has 0 aliphatic rings. The highest BCUT2D eigenvalue weighted by Gasteiger charge is 2.17. The first-order chi connectivity index (χ1) is 7.71. The Bertz CT molecular complexity index is 528. The minimum Gasteiger partial charge on any atom is -0.484 e. The second-order valence-corrected chi connectivity index (χ2v) is 6.39. The minimum absolute atomic E-state index is 0.0590. The fourth-order valence-electron chi connectivity index (χ4n) is 1.52. The lowest BCUT2D eigenvalue weighted by Crippen LogP contribution is -2.06. The minimum atomic E-state index is -3.79. The van der Waals surface area contributed by atoms with E-state index in [9.17, 15) is 13.2 Å². The van der Waals surface area contributed by atoms with Crippen LogP contribution in [0.25, 0.3) is 0 Å². The molecule has 17 heavy (non-hydrogen) atoms. The summed E-state index contributed by atoms with van der Waals surface area (Å²) in [5.41, 5.74) is 0.911. The smallest absolute Gasteiger partial charge is 0.261 e. The molecule has 94 valence electrons. The number of hydrogen-bond donors (Lipinski definition) is 0. The highest BCUT2D eigenvalue weighted by atomic mass is 35.7. The molecular formula is C10H10Cl2O4S. The van der Waals surface area contributed by atoms with Gasteiger partial charge in [-0.2, -0.15) is 0 Å². The Balaban J connectivity index is 3.15. The molecule has 0 unspecified atom stereocenters. The molecule has 1 rings (SSSR count). The van der Waals surface area contributed by atoms with Gasteiger partial charge in [0.1, 0.15) is 5.75 Å². The first kappa shape index (κ1) is 14.3. The van der Waals surface area contributed by atoms with Crippen LogP contribution in [0.2, 0.25) is 0 Å². The normalized spacial score (nSPS) is 11.3. The van der Waals surface area contributed by atoms with Crippen LogP contribution in [-0.4, -0.2) is 20.3 Å². The highest BCUT2D eigenvalue weighted by Crippen LogP contribution is 2.28. The lowest BCUT2D eigenvalue weighted by molar-refractivity contribution is -0.113. The summed E-state index contributed by atoms with van der Waals surface area (Å²) in [5.74, 6) is 0.373. The molecule has 0 saturated heterocycles. The van der Waals surface area contributed by atoms with Gasteiger partial charge < -0.3 is 4.74 Å². The van der Waals surface area contributed by atoms with E-state index >= 15 is 0 Å². The Labute approximate surface area is 109 Å². The second kappa shape index (κ2) is 5.25. The zero-order chi connectivity index (χ0) is 13.2. The van der Waals surface area contributed by atoms with Crippen molar-refractivity contribution in [1.82, 2.24) is 0 Å². The number of ether oxygens (including phenoxy) is 1. The number of rotatable bonds is 4. The van der Waals surface area contributed by atoms with E-state index in [4.69, 9.17) is 27.0 Å². The van der Waals surface area contributed by atoms with E-state index in [2.05, 4.69) is 0 Å². The molecular weight excluding hydrogens is 287 g/mol. The van der Waals surface area contributed by atoms with E-state index in [1.54, 1.807) is 13.8 Å². The fraction of sp³-hybridized carbons (Fsp3) is 0.300. The van der Waals surface area contributed by atoms with Crippen LogP contribution in [0.4, 0.5) is 0 Å². The van der Waals surface area contributed by atoms with E-state index in [-0.39, 0.29) is 11.5 Å². The molecule has 0 spiro atoms. The van der Waals surface area contributed by atoms with Gasteiger partial charge in [-0.15, -0.1) is 0 Å². The molecule has 0 radical (unpaired) electrons. The maximum atomic E-state index is 11.3. The molecule has 0 amide bonds. The zero-order valence-corrected chi connectivity index (χ0v) is 11.5. The van der Waals surface area contributed by atoms with Crippen molar-refractivity contribution in [3.63, 3.8) is 0 Å². The van der Waals surface area contributed by atoms with Crippen molar-refractivity contribution < 1.29 is 17.9 Å². The summed E-state index contributed by atoms with van der Waals surface area (Å²) in [6, 6.07) is 2.98. The second-order valence-electron chi connectivity index (χ2n) is 3.47. The first-order valence-electron chi connectivity index (χ1n) is 4.59. The van der Waals surface area contributed by atoms with Gasteiger partial charge in [0.2, 0.25) is 0 Å². The van der Waals surface area contributed by atoms with Crippen LogP contribution in [0.1, 0.15) is 11.1 Å². The lowest BCUT2D eigenvalue weighted by Gasteiger charge is -2.10. The number of carbonyl (C=O) groups excluding carboxylic acids is 1. The number of benzene rings is 1. The van der Waals surface area contributed by atoms with E-state index < -0.39 is 14.3 Å². The van der Waals surface area contributed by atoms with Crippen molar-refractivity contribution in [2.45, 2.75) is 18.7 Å². The van der Waals surface area contributed by atoms with Crippen LogP contribution >= 0.6 is 22.3 Å². The third-order valence-electron chi connectivity index (χ3n) is 2.03. The van der Waals surface area contributed by atoms with Crippen molar-refractivity contribution in [2.75, 3.05) is 6.61 Å². The van der Waals surface area contributed by atoms with Crippen LogP contribution in [0.5, 0.6) is 5.75 Å². The molecule has 0 saturated carbocycles. The maximum absolute atomic E-state index is 11.3. The third-order valence-corrected chi connectivity index (χ3v) is 3.73. The maximum Gasteiger partial charge on any atom is 0.261 e. The Kier molecular flexibility index (Phi) is 4.41. The summed E-state index contributed by atoms with van der Waals surface area (Å²) < 4.78 is 27.7. The van der Waals surface area contributed by atoms with Crippen LogP contribution in [-0.2, 0) is 13.8 Å². The van der Waals surface area contributed by atoms with Gasteiger partial charge in [-0.25, -0.2) is 8.42 Å². The summed E-state index contributed by atoms with van der Waals surface area (Å²) in [4.78, 5) is 10.6. The van der Waals surface area contributed by atoms with E-state index in [1.165, 1.54) is 12.1 Å². The topological polar surface area (TPSA) is 60.4 Å². The number of hydrogen-bond acceptors (Lipinski definition) is 4. The summed E-state index contributed by atoms with van der Waals surface area (Å²) in [6.45, 7) is 2.92. The summed E-state index contributed by atoms with van der Waals surface area (Å²) in [5, 5.41) is -0.630. The predicted octanol–water partition coefficient (Wildman–Crippen LogP) is 2.38. The van der Waals surface area contributed by atoms with Gasteiger partial charge in [0.15, 0.2) is 6.61 Å². The lowest BCUT2D eigenvalue weighted by atomic mass is 10.1. The Hall–Kier alpha value is -0.780. The number of halogens is 2.